The second-order valence-electron chi connectivity index (χ2n) is 4.38. The van der Waals surface area contributed by atoms with Crippen LogP contribution in [-0.2, 0) is 6.54 Å². The second-order valence-corrected chi connectivity index (χ2v) is 4.38. The smallest absolute Gasteiger partial charge is 0.181 e. The zero-order valence-corrected chi connectivity index (χ0v) is 11.5. The molecular weight excluding hydrogens is 240 g/mol. The number of aromatic nitrogens is 1. The first-order chi connectivity index (χ1) is 9.35. The third kappa shape index (κ3) is 3.58. The van der Waals surface area contributed by atoms with Crippen LogP contribution in [0, 0.1) is 0 Å². The summed E-state index contributed by atoms with van der Waals surface area (Å²) >= 11 is 0. The second kappa shape index (κ2) is 6.95. The fourth-order valence-corrected chi connectivity index (χ4v) is 1.83. The normalized spacial score (nSPS) is 10.6. The molecule has 1 aromatic carbocycles. The number of unbranched alkanes of at least 4 members (excludes halogenated alkanes) is 1. The summed E-state index contributed by atoms with van der Waals surface area (Å²) in [4.78, 5) is 4.20. The molecule has 0 unspecified atom stereocenters. The number of hydrogen-bond acceptors (Lipinski definition) is 4. The zero-order valence-electron chi connectivity index (χ0n) is 11.5. The highest BCUT2D eigenvalue weighted by Crippen LogP contribution is 2.25. The van der Waals surface area contributed by atoms with Gasteiger partial charge in [-0.1, -0.05) is 13.3 Å². The van der Waals surface area contributed by atoms with Gasteiger partial charge in [0.05, 0.1) is 6.61 Å². The maximum absolute atomic E-state index is 5.64. The van der Waals surface area contributed by atoms with Crippen molar-refractivity contribution < 1.29 is 9.15 Å². The minimum atomic E-state index is 0.695. The van der Waals surface area contributed by atoms with Crippen molar-refractivity contribution >= 4 is 0 Å². The van der Waals surface area contributed by atoms with E-state index >= 15 is 0 Å². The third-order valence-corrected chi connectivity index (χ3v) is 2.87. The van der Waals surface area contributed by atoms with Crippen LogP contribution in [-0.4, -0.2) is 18.6 Å². The lowest BCUT2D eigenvalue weighted by Crippen LogP contribution is -2.06. The standard InChI is InChI=1S/C15H20N2O2/c1-3-4-9-18-13-7-5-12(6-8-13)15-14(10-16-2)17-11-19-15/h5-8,11,16H,3-4,9-10H2,1-2H3. The maximum atomic E-state index is 5.64. The topological polar surface area (TPSA) is 47.3 Å². The number of rotatable bonds is 7. The van der Waals surface area contributed by atoms with Crippen molar-refractivity contribution in [2.24, 2.45) is 0 Å². The lowest BCUT2D eigenvalue weighted by molar-refractivity contribution is 0.309. The SMILES string of the molecule is CCCCOc1ccc(-c2ocnc2CNC)cc1. The number of benzene rings is 1. The van der Waals surface area contributed by atoms with E-state index in [-0.39, 0.29) is 0 Å². The predicted molar refractivity (Wildman–Crippen MR) is 75.1 cm³/mol. The van der Waals surface area contributed by atoms with Gasteiger partial charge >= 0.3 is 0 Å². The Morgan fingerprint density at radius 3 is 2.74 bits per heavy atom. The molecule has 0 radical (unpaired) electrons. The molecule has 4 heteroatoms. The van der Waals surface area contributed by atoms with Gasteiger partial charge in [0.2, 0.25) is 0 Å². The van der Waals surface area contributed by atoms with Gasteiger partial charge in [-0.25, -0.2) is 4.98 Å². The summed E-state index contributed by atoms with van der Waals surface area (Å²) in [7, 11) is 1.89. The number of ether oxygens (including phenoxy) is 1. The largest absolute Gasteiger partial charge is 0.494 e. The molecule has 0 saturated carbocycles. The van der Waals surface area contributed by atoms with Crippen molar-refractivity contribution in [2.45, 2.75) is 26.3 Å². The third-order valence-electron chi connectivity index (χ3n) is 2.87. The summed E-state index contributed by atoms with van der Waals surface area (Å²) in [6, 6.07) is 7.94. The van der Waals surface area contributed by atoms with E-state index in [1.54, 1.807) is 0 Å². The Balaban J connectivity index is 2.07. The zero-order chi connectivity index (χ0) is 13.5. The van der Waals surface area contributed by atoms with Gasteiger partial charge in [0, 0.05) is 12.1 Å². The van der Waals surface area contributed by atoms with Crippen LogP contribution >= 0.6 is 0 Å². The Morgan fingerprint density at radius 1 is 1.26 bits per heavy atom. The molecule has 0 aliphatic rings. The predicted octanol–water partition coefficient (Wildman–Crippen LogP) is 3.24. The highest BCUT2D eigenvalue weighted by Gasteiger charge is 2.09. The van der Waals surface area contributed by atoms with Crippen molar-refractivity contribution in [3.63, 3.8) is 0 Å². The van der Waals surface area contributed by atoms with E-state index in [1.807, 2.05) is 31.3 Å². The molecule has 0 fully saturated rings. The maximum Gasteiger partial charge on any atom is 0.181 e. The van der Waals surface area contributed by atoms with Crippen molar-refractivity contribution in [1.82, 2.24) is 10.3 Å². The van der Waals surface area contributed by atoms with Crippen LogP contribution < -0.4 is 10.1 Å². The van der Waals surface area contributed by atoms with Crippen LogP contribution in [0.2, 0.25) is 0 Å². The number of nitrogens with zero attached hydrogens (tertiary/aromatic N) is 1. The molecule has 0 aliphatic heterocycles. The van der Waals surface area contributed by atoms with Crippen molar-refractivity contribution in [2.75, 3.05) is 13.7 Å². The molecule has 0 saturated heterocycles. The fraction of sp³-hybridized carbons (Fsp3) is 0.400. The van der Waals surface area contributed by atoms with Gasteiger partial charge in [-0.05, 0) is 37.7 Å². The lowest BCUT2D eigenvalue weighted by atomic mass is 10.1. The first-order valence-corrected chi connectivity index (χ1v) is 6.65. The van der Waals surface area contributed by atoms with Crippen LogP contribution in [0.3, 0.4) is 0 Å². The van der Waals surface area contributed by atoms with Gasteiger partial charge in [0.25, 0.3) is 0 Å². The monoisotopic (exact) mass is 260 g/mol. The van der Waals surface area contributed by atoms with Crippen LogP contribution in [0.25, 0.3) is 11.3 Å². The minimum Gasteiger partial charge on any atom is -0.494 e. The first-order valence-electron chi connectivity index (χ1n) is 6.65. The Kier molecular flexibility index (Phi) is 4.98. The van der Waals surface area contributed by atoms with E-state index in [4.69, 9.17) is 9.15 Å². The first kappa shape index (κ1) is 13.6. The van der Waals surface area contributed by atoms with E-state index in [9.17, 15) is 0 Å². The minimum absolute atomic E-state index is 0.695. The molecule has 2 aromatic rings. The van der Waals surface area contributed by atoms with Crippen LogP contribution in [0.15, 0.2) is 35.1 Å². The molecule has 0 atom stereocenters. The Labute approximate surface area is 113 Å². The molecule has 0 bridgehead atoms. The summed E-state index contributed by atoms with van der Waals surface area (Å²) in [5, 5.41) is 3.08. The summed E-state index contributed by atoms with van der Waals surface area (Å²) in [6.45, 7) is 3.61. The van der Waals surface area contributed by atoms with Gasteiger partial charge in [0.15, 0.2) is 12.2 Å². The highest BCUT2D eigenvalue weighted by molar-refractivity contribution is 5.60. The highest BCUT2D eigenvalue weighted by atomic mass is 16.5. The lowest BCUT2D eigenvalue weighted by Gasteiger charge is -2.06. The summed E-state index contributed by atoms with van der Waals surface area (Å²) in [6.07, 6.45) is 3.70. The van der Waals surface area contributed by atoms with Gasteiger partial charge < -0.3 is 14.5 Å². The number of nitrogens with one attached hydrogen (secondary N) is 1. The average Bonchev–Trinajstić information content (AvgIpc) is 2.89. The molecule has 4 nitrogen and oxygen atoms in total. The average molecular weight is 260 g/mol. The molecule has 1 N–H and O–H groups in total. The van der Waals surface area contributed by atoms with Gasteiger partial charge in [-0.2, -0.15) is 0 Å². The van der Waals surface area contributed by atoms with Crippen molar-refractivity contribution in [1.29, 1.82) is 0 Å². The van der Waals surface area contributed by atoms with Crippen molar-refractivity contribution in [3.05, 3.63) is 36.4 Å². The Hall–Kier alpha value is -1.81. The van der Waals surface area contributed by atoms with Gasteiger partial charge in [-0.3, -0.25) is 0 Å². The van der Waals surface area contributed by atoms with Gasteiger partial charge in [0.1, 0.15) is 11.4 Å². The molecule has 0 spiro atoms. The molecule has 0 amide bonds. The molecule has 1 heterocycles. The molecule has 19 heavy (non-hydrogen) atoms. The van der Waals surface area contributed by atoms with Crippen molar-refractivity contribution in [3.8, 4) is 17.1 Å². The van der Waals surface area contributed by atoms with E-state index in [1.165, 1.54) is 6.39 Å². The van der Waals surface area contributed by atoms with E-state index in [0.29, 0.717) is 6.54 Å². The summed E-state index contributed by atoms with van der Waals surface area (Å²) in [5.74, 6) is 1.71. The quantitative estimate of drug-likeness (QED) is 0.776. The fourth-order valence-electron chi connectivity index (χ4n) is 1.83. The summed E-state index contributed by atoms with van der Waals surface area (Å²) < 4.78 is 11.1. The Bertz CT molecular complexity index is 491. The number of hydrogen-bond donors (Lipinski definition) is 1. The van der Waals surface area contributed by atoms with Gasteiger partial charge in [-0.15, -0.1) is 0 Å². The molecule has 1 aromatic heterocycles. The molecule has 102 valence electrons. The van der Waals surface area contributed by atoms with E-state index in [2.05, 4.69) is 17.2 Å². The summed E-state index contributed by atoms with van der Waals surface area (Å²) in [5.41, 5.74) is 1.94. The van der Waals surface area contributed by atoms with Crippen LogP contribution in [0.5, 0.6) is 5.75 Å². The molecule has 0 aliphatic carbocycles. The van der Waals surface area contributed by atoms with E-state index < -0.39 is 0 Å². The van der Waals surface area contributed by atoms with Crippen LogP contribution in [0.1, 0.15) is 25.5 Å². The van der Waals surface area contributed by atoms with E-state index in [0.717, 1.165) is 42.2 Å². The molecular formula is C15H20N2O2. The number of oxazole rings is 1. The Morgan fingerprint density at radius 2 is 2.05 bits per heavy atom. The molecule has 2 rings (SSSR count). The van der Waals surface area contributed by atoms with Crippen LogP contribution in [0.4, 0.5) is 0 Å².